The lowest BCUT2D eigenvalue weighted by molar-refractivity contribution is 0.169. The Morgan fingerprint density at radius 2 is 1.88 bits per heavy atom. The molecule has 2 heterocycles. The molecule has 2 rings (SSSR count). The molecule has 1 fully saturated rings. The number of nitrogen functional groups attached to an aromatic ring is 1. The Bertz CT molecular complexity index is 337. The average molecular weight is 220 g/mol. The van der Waals surface area contributed by atoms with Crippen molar-refractivity contribution in [2.45, 2.75) is 25.9 Å². The number of nitrogens with two attached hydrogens (primary N) is 1. The van der Waals surface area contributed by atoms with Gasteiger partial charge in [0.15, 0.2) is 0 Å². The quantitative estimate of drug-likeness (QED) is 0.772. The molecule has 88 valence electrons. The summed E-state index contributed by atoms with van der Waals surface area (Å²) in [5, 5.41) is 0. The second kappa shape index (κ2) is 4.29. The predicted molar refractivity (Wildman–Crippen MR) is 67.5 cm³/mol. The fraction of sp³-hybridized carbons (Fsp3) is 0.583. The number of hydrogen-bond donors (Lipinski definition) is 1. The summed E-state index contributed by atoms with van der Waals surface area (Å²) in [5.74, 6) is 1.03. The van der Waals surface area contributed by atoms with E-state index in [0.29, 0.717) is 12.1 Å². The minimum absolute atomic E-state index is 0.558. The lowest BCUT2D eigenvalue weighted by atomic mass is 10.1. The first-order valence-corrected chi connectivity index (χ1v) is 5.76. The second-order valence-corrected chi connectivity index (χ2v) is 4.72. The van der Waals surface area contributed by atoms with Gasteiger partial charge in [-0.25, -0.2) is 4.98 Å². The average Bonchev–Trinajstić information content (AvgIpc) is 2.26. The summed E-state index contributed by atoms with van der Waals surface area (Å²) in [5.41, 5.74) is 6.36. The summed E-state index contributed by atoms with van der Waals surface area (Å²) in [6, 6.07) is 5.03. The number of hydrogen-bond acceptors (Lipinski definition) is 4. The zero-order chi connectivity index (χ0) is 11.7. The van der Waals surface area contributed by atoms with Crippen LogP contribution in [-0.4, -0.2) is 42.1 Å². The third-order valence-corrected chi connectivity index (χ3v) is 3.45. The third-order valence-electron chi connectivity index (χ3n) is 3.45. The number of nitrogens with zero attached hydrogens (tertiary/aromatic N) is 3. The zero-order valence-electron chi connectivity index (χ0n) is 10.2. The molecule has 0 aliphatic carbocycles. The van der Waals surface area contributed by atoms with Crippen molar-refractivity contribution in [1.29, 1.82) is 0 Å². The lowest BCUT2D eigenvalue weighted by Crippen LogP contribution is -2.55. The highest BCUT2D eigenvalue weighted by molar-refractivity contribution is 5.46. The monoisotopic (exact) mass is 220 g/mol. The van der Waals surface area contributed by atoms with Gasteiger partial charge >= 0.3 is 0 Å². The zero-order valence-corrected chi connectivity index (χ0v) is 10.2. The number of rotatable bonds is 1. The first kappa shape index (κ1) is 11.2. The highest BCUT2D eigenvalue weighted by Crippen LogP contribution is 2.19. The minimum atomic E-state index is 0.558. The highest BCUT2D eigenvalue weighted by Gasteiger charge is 2.26. The van der Waals surface area contributed by atoms with Gasteiger partial charge in [0.05, 0.1) is 11.9 Å². The van der Waals surface area contributed by atoms with Crippen LogP contribution in [-0.2, 0) is 0 Å². The van der Waals surface area contributed by atoms with E-state index >= 15 is 0 Å². The van der Waals surface area contributed by atoms with Crippen LogP contribution in [0.25, 0.3) is 0 Å². The molecule has 0 spiro atoms. The molecule has 2 N–H and O–H groups in total. The SMILES string of the molecule is CC1CN(c2ccc(N)cn2)CC(C)N1C. The Balaban J connectivity index is 2.13. The molecular formula is C12H20N4. The van der Waals surface area contributed by atoms with Crippen LogP contribution in [0.1, 0.15) is 13.8 Å². The lowest BCUT2D eigenvalue weighted by Gasteiger charge is -2.42. The molecule has 16 heavy (non-hydrogen) atoms. The van der Waals surface area contributed by atoms with Crippen molar-refractivity contribution in [1.82, 2.24) is 9.88 Å². The topological polar surface area (TPSA) is 45.4 Å². The van der Waals surface area contributed by atoms with Crippen LogP contribution in [0.4, 0.5) is 11.5 Å². The molecule has 1 aliphatic rings. The fourth-order valence-corrected chi connectivity index (χ4v) is 2.18. The van der Waals surface area contributed by atoms with Gasteiger partial charge in [-0.2, -0.15) is 0 Å². The van der Waals surface area contributed by atoms with Crippen molar-refractivity contribution < 1.29 is 0 Å². The summed E-state index contributed by atoms with van der Waals surface area (Å²) < 4.78 is 0. The van der Waals surface area contributed by atoms with E-state index in [1.54, 1.807) is 6.20 Å². The van der Waals surface area contributed by atoms with E-state index in [4.69, 9.17) is 5.73 Å². The summed E-state index contributed by atoms with van der Waals surface area (Å²) in [4.78, 5) is 9.12. The van der Waals surface area contributed by atoms with Gasteiger partial charge < -0.3 is 10.6 Å². The molecule has 1 aromatic heterocycles. The standard InChI is InChI=1S/C12H20N4/c1-9-7-16(8-10(2)15(9)3)12-5-4-11(13)6-14-12/h4-6,9-10H,7-8,13H2,1-3H3. The first-order chi connectivity index (χ1) is 7.58. The molecule has 1 aromatic rings. The Labute approximate surface area is 97.1 Å². The number of aromatic nitrogens is 1. The van der Waals surface area contributed by atoms with Crippen molar-refractivity contribution in [3.8, 4) is 0 Å². The van der Waals surface area contributed by atoms with Crippen molar-refractivity contribution >= 4 is 11.5 Å². The number of pyridine rings is 1. The molecule has 0 amide bonds. The third kappa shape index (κ3) is 2.11. The summed E-state index contributed by atoms with van der Waals surface area (Å²) in [6.45, 7) is 6.55. The van der Waals surface area contributed by atoms with Gasteiger partial charge in [-0.1, -0.05) is 0 Å². The van der Waals surface area contributed by atoms with Gasteiger partial charge in [-0.3, -0.25) is 4.90 Å². The Kier molecular flexibility index (Phi) is 3.01. The molecule has 0 bridgehead atoms. The molecule has 2 atom stereocenters. The molecular weight excluding hydrogens is 200 g/mol. The largest absolute Gasteiger partial charge is 0.397 e. The highest BCUT2D eigenvalue weighted by atomic mass is 15.3. The minimum Gasteiger partial charge on any atom is -0.397 e. The molecule has 0 radical (unpaired) electrons. The molecule has 4 heteroatoms. The number of anilines is 2. The summed E-state index contributed by atoms with van der Waals surface area (Å²) in [7, 11) is 2.18. The van der Waals surface area contributed by atoms with Crippen molar-refractivity contribution in [3.63, 3.8) is 0 Å². The molecule has 1 saturated heterocycles. The van der Waals surface area contributed by atoms with Crippen LogP contribution in [0, 0.1) is 0 Å². The Morgan fingerprint density at radius 1 is 1.25 bits per heavy atom. The maximum atomic E-state index is 5.64. The van der Waals surface area contributed by atoms with E-state index in [2.05, 4.69) is 35.7 Å². The fourth-order valence-electron chi connectivity index (χ4n) is 2.18. The maximum absolute atomic E-state index is 5.64. The number of likely N-dealkylation sites (N-methyl/N-ethyl adjacent to an activating group) is 1. The van der Waals surface area contributed by atoms with Crippen LogP contribution in [0.5, 0.6) is 0 Å². The van der Waals surface area contributed by atoms with Gasteiger partial charge in [-0.05, 0) is 33.0 Å². The van der Waals surface area contributed by atoms with E-state index in [1.165, 1.54) is 0 Å². The van der Waals surface area contributed by atoms with E-state index in [-0.39, 0.29) is 0 Å². The predicted octanol–water partition coefficient (Wildman–Crippen LogP) is 1.19. The molecule has 4 nitrogen and oxygen atoms in total. The van der Waals surface area contributed by atoms with Crippen molar-refractivity contribution in [2.75, 3.05) is 30.8 Å². The van der Waals surface area contributed by atoms with Crippen molar-refractivity contribution in [2.24, 2.45) is 0 Å². The Hall–Kier alpha value is -1.29. The Morgan fingerprint density at radius 3 is 2.38 bits per heavy atom. The molecule has 1 aliphatic heterocycles. The molecule has 0 saturated carbocycles. The van der Waals surface area contributed by atoms with Crippen LogP contribution < -0.4 is 10.6 Å². The van der Waals surface area contributed by atoms with E-state index in [1.807, 2.05) is 12.1 Å². The van der Waals surface area contributed by atoms with Gasteiger partial charge in [0.25, 0.3) is 0 Å². The molecule has 0 aromatic carbocycles. The van der Waals surface area contributed by atoms with Crippen LogP contribution in [0.15, 0.2) is 18.3 Å². The first-order valence-electron chi connectivity index (χ1n) is 5.76. The van der Waals surface area contributed by atoms with E-state index in [0.717, 1.165) is 24.6 Å². The van der Waals surface area contributed by atoms with Crippen LogP contribution >= 0.6 is 0 Å². The number of piperazine rings is 1. The maximum Gasteiger partial charge on any atom is 0.128 e. The van der Waals surface area contributed by atoms with Gasteiger partial charge in [-0.15, -0.1) is 0 Å². The summed E-state index contributed by atoms with van der Waals surface area (Å²) >= 11 is 0. The van der Waals surface area contributed by atoms with Gasteiger partial charge in [0.1, 0.15) is 5.82 Å². The van der Waals surface area contributed by atoms with Gasteiger partial charge in [0, 0.05) is 25.2 Å². The van der Waals surface area contributed by atoms with E-state index < -0.39 is 0 Å². The van der Waals surface area contributed by atoms with Crippen molar-refractivity contribution in [3.05, 3.63) is 18.3 Å². The van der Waals surface area contributed by atoms with E-state index in [9.17, 15) is 0 Å². The second-order valence-electron chi connectivity index (χ2n) is 4.72. The van der Waals surface area contributed by atoms with Gasteiger partial charge in [0.2, 0.25) is 0 Å². The smallest absolute Gasteiger partial charge is 0.128 e. The summed E-state index contributed by atoms with van der Waals surface area (Å²) in [6.07, 6.45) is 1.73. The molecule has 2 unspecified atom stereocenters. The van der Waals surface area contributed by atoms with Crippen LogP contribution in [0.3, 0.4) is 0 Å². The normalized spacial score (nSPS) is 27.1. The van der Waals surface area contributed by atoms with Crippen LogP contribution in [0.2, 0.25) is 0 Å².